The molecule has 0 radical (unpaired) electrons. The molecule has 0 spiro atoms. The van der Waals surface area contributed by atoms with Crippen LogP contribution in [0.5, 0.6) is 5.75 Å². The third kappa shape index (κ3) is 4.13. The van der Waals surface area contributed by atoms with E-state index in [1.165, 1.54) is 12.8 Å². The number of rotatable bonds is 5. The van der Waals surface area contributed by atoms with Crippen LogP contribution in [-0.4, -0.2) is 41.1 Å². The Kier molecular flexibility index (Phi) is 5.70. The molecule has 124 valence electrons. The molecule has 1 fully saturated rings. The number of hydrogen-bond acceptors (Lipinski definition) is 4. The van der Waals surface area contributed by atoms with Crippen LogP contribution in [0.1, 0.15) is 19.3 Å². The molecule has 6 heteroatoms. The van der Waals surface area contributed by atoms with Crippen LogP contribution in [0.2, 0.25) is 0 Å². The van der Waals surface area contributed by atoms with Gasteiger partial charge in [0, 0.05) is 19.2 Å². The van der Waals surface area contributed by atoms with E-state index in [4.69, 9.17) is 9.57 Å². The van der Waals surface area contributed by atoms with Crippen molar-refractivity contribution in [2.75, 3.05) is 26.3 Å². The summed E-state index contributed by atoms with van der Waals surface area (Å²) in [6, 6.07) is 8.06. The zero-order chi connectivity index (χ0) is 16.1. The fourth-order valence-electron chi connectivity index (χ4n) is 2.76. The Morgan fingerprint density at radius 2 is 2.13 bits per heavy atom. The number of benzene rings is 1. The van der Waals surface area contributed by atoms with Crippen LogP contribution in [0.15, 0.2) is 34.9 Å². The average molecular weight is 380 g/mol. The van der Waals surface area contributed by atoms with Gasteiger partial charge in [-0.1, -0.05) is 12.1 Å². The van der Waals surface area contributed by atoms with E-state index in [2.05, 4.69) is 27.1 Å². The van der Waals surface area contributed by atoms with Crippen molar-refractivity contribution in [2.45, 2.75) is 19.3 Å². The highest BCUT2D eigenvalue weighted by Gasteiger charge is 2.14. The summed E-state index contributed by atoms with van der Waals surface area (Å²) in [6.07, 6.45) is 5.39. The van der Waals surface area contributed by atoms with E-state index < -0.39 is 0 Å². The summed E-state index contributed by atoms with van der Waals surface area (Å²) in [7, 11) is 1.93. The maximum atomic E-state index is 6.03. The molecule has 0 amide bonds. The smallest absolute Gasteiger partial charge is 0.128 e. The van der Waals surface area contributed by atoms with E-state index in [1.54, 1.807) is 6.20 Å². The second-order valence-corrected chi connectivity index (χ2v) is 6.49. The van der Waals surface area contributed by atoms with E-state index in [-0.39, 0.29) is 0 Å². The summed E-state index contributed by atoms with van der Waals surface area (Å²) in [5.74, 6) is 0.867. The predicted molar refractivity (Wildman–Crippen MR) is 93.2 cm³/mol. The Balaban J connectivity index is 1.66. The number of aromatic nitrogens is 2. The molecule has 0 bridgehead atoms. The molecular weight excluding hydrogens is 358 g/mol. The third-order valence-corrected chi connectivity index (χ3v) is 4.54. The van der Waals surface area contributed by atoms with Gasteiger partial charge in [-0.3, -0.25) is 9.52 Å². The molecule has 2 aromatic rings. The van der Waals surface area contributed by atoms with Gasteiger partial charge in [0.25, 0.3) is 0 Å². The topological polar surface area (TPSA) is 39.5 Å². The molecule has 1 aromatic heterocycles. The number of nitrogens with zero attached hydrogens (tertiary/aromatic N) is 3. The summed E-state index contributed by atoms with van der Waals surface area (Å²) in [4.78, 5) is 5.71. The zero-order valence-corrected chi connectivity index (χ0v) is 15.0. The number of aryl methyl sites for hydroxylation is 1. The lowest BCUT2D eigenvalue weighted by molar-refractivity contribution is -0.155. The molecule has 2 heterocycles. The van der Waals surface area contributed by atoms with Crippen molar-refractivity contribution in [3.05, 3.63) is 34.9 Å². The number of hydrogen-bond donors (Lipinski definition) is 0. The van der Waals surface area contributed by atoms with E-state index >= 15 is 0 Å². The Labute approximate surface area is 145 Å². The van der Waals surface area contributed by atoms with Crippen molar-refractivity contribution in [2.24, 2.45) is 7.05 Å². The Bertz CT molecular complexity index is 617. The first-order chi connectivity index (χ1) is 11.3. The van der Waals surface area contributed by atoms with Crippen LogP contribution in [0.3, 0.4) is 0 Å². The Hall–Kier alpha value is -1.37. The number of hydroxylamine groups is 2. The van der Waals surface area contributed by atoms with E-state index in [9.17, 15) is 0 Å². The standard InChI is InChI=1S/C17H22BrN3O2/c1-20-17(15(18)13-19-20)14-7-3-4-8-16(14)22-12-10-21-9-5-2-6-11-23-21/h3-4,7-8,13H,2,5-6,9-12H2,1H3. The van der Waals surface area contributed by atoms with Crippen molar-refractivity contribution in [1.82, 2.24) is 14.8 Å². The van der Waals surface area contributed by atoms with Crippen molar-refractivity contribution in [3.8, 4) is 17.0 Å². The first-order valence-corrected chi connectivity index (χ1v) is 8.82. The first-order valence-electron chi connectivity index (χ1n) is 8.03. The van der Waals surface area contributed by atoms with Gasteiger partial charge < -0.3 is 4.74 Å². The van der Waals surface area contributed by atoms with Crippen LogP contribution in [-0.2, 0) is 11.9 Å². The van der Waals surface area contributed by atoms with Gasteiger partial charge in [0.1, 0.15) is 12.4 Å². The molecule has 5 nitrogen and oxygen atoms in total. The minimum Gasteiger partial charge on any atom is -0.491 e. The molecule has 0 atom stereocenters. The van der Waals surface area contributed by atoms with E-state index in [0.29, 0.717) is 6.61 Å². The minimum absolute atomic E-state index is 0.604. The Morgan fingerprint density at radius 1 is 1.26 bits per heavy atom. The highest BCUT2D eigenvalue weighted by atomic mass is 79.9. The molecular formula is C17H22BrN3O2. The highest BCUT2D eigenvalue weighted by molar-refractivity contribution is 9.10. The third-order valence-electron chi connectivity index (χ3n) is 3.96. The molecule has 0 saturated carbocycles. The summed E-state index contributed by atoms with van der Waals surface area (Å²) in [5, 5.41) is 6.31. The van der Waals surface area contributed by atoms with Gasteiger partial charge in [-0.2, -0.15) is 10.2 Å². The lowest BCUT2D eigenvalue weighted by Gasteiger charge is -2.20. The first kappa shape index (κ1) is 16.5. The molecule has 1 aliphatic rings. The molecule has 0 unspecified atom stereocenters. The summed E-state index contributed by atoms with van der Waals surface area (Å²) < 4.78 is 8.85. The molecule has 1 saturated heterocycles. The van der Waals surface area contributed by atoms with Crippen molar-refractivity contribution < 1.29 is 9.57 Å². The van der Waals surface area contributed by atoms with Crippen molar-refractivity contribution in [3.63, 3.8) is 0 Å². The maximum absolute atomic E-state index is 6.03. The lowest BCUT2D eigenvalue weighted by atomic mass is 10.1. The van der Waals surface area contributed by atoms with Crippen LogP contribution in [0, 0.1) is 0 Å². The second-order valence-electron chi connectivity index (χ2n) is 5.63. The quantitative estimate of drug-likeness (QED) is 0.794. The van der Waals surface area contributed by atoms with E-state index in [0.717, 1.165) is 47.6 Å². The average Bonchev–Trinajstić information content (AvgIpc) is 2.77. The van der Waals surface area contributed by atoms with Gasteiger partial charge in [0.15, 0.2) is 0 Å². The summed E-state index contributed by atoms with van der Waals surface area (Å²) in [5.41, 5.74) is 2.06. The van der Waals surface area contributed by atoms with Crippen molar-refractivity contribution in [1.29, 1.82) is 0 Å². The molecule has 0 N–H and O–H groups in total. The molecule has 1 aromatic carbocycles. The molecule has 0 aliphatic carbocycles. The van der Waals surface area contributed by atoms with E-state index in [1.807, 2.05) is 35.0 Å². The lowest BCUT2D eigenvalue weighted by Crippen LogP contribution is -2.28. The van der Waals surface area contributed by atoms with Gasteiger partial charge in [-0.05, 0) is 47.3 Å². The van der Waals surface area contributed by atoms with Gasteiger partial charge in [0.2, 0.25) is 0 Å². The van der Waals surface area contributed by atoms with Gasteiger partial charge in [-0.15, -0.1) is 0 Å². The van der Waals surface area contributed by atoms with Crippen LogP contribution in [0.4, 0.5) is 0 Å². The zero-order valence-electron chi connectivity index (χ0n) is 13.4. The minimum atomic E-state index is 0.604. The van der Waals surface area contributed by atoms with Gasteiger partial charge in [0.05, 0.1) is 29.5 Å². The van der Waals surface area contributed by atoms with Crippen LogP contribution >= 0.6 is 15.9 Å². The molecule has 23 heavy (non-hydrogen) atoms. The van der Waals surface area contributed by atoms with Gasteiger partial charge >= 0.3 is 0 Å². The Morgan fingerprint density at radius 3 is 2.96 bits per heavy atom. The maximum Gasteiger partial charge on any atom is 0.128 e. The number of para-hydroxylation sites is 1. The monoisotopic (exact) mass is 379 g/mol. The summed E-state index contributed by atoms with van der Waals surface area (Å²) >= 11 is 3.56. The SMILES string of the molecule is Cn1ncc(Br)c1-c1ccccc1OCCN1CCCCCO1. The molecule has 3 rings (SSSR count). The highest BCUT2D eigenvalue weighted by Crippen LogP contribution is 2.34. The van der Waals surface area contributed by atoms with Crippen LogP contribution < -0.4 is 4.74 Å². The van der Waals surface area contributed by atoms with Crippen molar-refractivity contribution >= 4 is 15.9 Å². The number of ether oxygens (including phenoxy) is 1. The fraction of sp³-hybridized carbons (Fsp3) is 0.471. The summed E-state index contributed by atoms with van der Waals surface area (Å²) in [6.45, 7) is 3.18. The predicted octanol–water partition coefficient (Wildman–Crippen LogP) is 3.65. The normalized spacial score (nSPS) is 16.3. The van der Waals surface area contributed by atoms with Crippen LogP contribution in [0.25, 0.3) is 11.3 Å². The second kappa shape index (κ2) is 7.95. The van der Waals surface area contributed by atoms with Gasteiger partial charge in [-0.25, -0.2) is 0 Å². The fourth-order valence-corrected chi connectivity index (χ4v) is 3.32. The molecule has 1 aliphatic heterocycles. The largest absolute Gasteiger partial charge is 0.491 e. The number of halogens is 1.